The van der Waals surface area contributed by atoms with Gasteiger partial charge >= 0.3 is 0 Å². The molecule has 106 valence electrons. The number of nitrogens with zero attached hydrogens (tertiary/aromatic N) is 2. The van der Waals surface area contributed by atoms with Crippen LogP contribution in [0.5, 0.6) is 0 Å². The van der Waals surface area contributed by atoms with Gasteiger partial charge < -0.3 is 15.2 Å². The highest BCUT2D eigenvalue weighted by atomic mass is 15.1. The number of hydrogen-bond acceptors (Lipinski definition) is 3. The molecular formula is C15H26N4. The van der Waals surface area contributed by atoms with E-state index in [1.165, 1.54) is 63.4 Å². The molecule has 0 amide bonds. The molecule has 0 radical (unpaired) electrons. The molecule has 0 bridgehead atoms. The van der Waals surface area contributed by atoms with Crippen LogP contribution in [0.25, 0.3) is 0 Å². The maximum Gasteiger partial charge on any atom is 0.106 e. The Kier molecular flexibility index (Phi) is 4.18. The van der Waals surface area contributed by atoms with Crippen LogP contribution in [0, 0.1) is 5.92 Å². The summed E-state index contributed by atoms with van der Waals surface area (Å²) in [6.45, 7) is 4.78. The normalized spacial score (nSPS) is 23.8. The molecular weight excluding hydrogens is 236 g/mol. The molecule has 2 aliphatic rings. The van der Waals surface area contributed by atoms with Crippen molar-refractivity contribution in [2.75, 3.05) is 33.2 Å². The molecule has 1 aromatic rings. The van der Waals surface area contributed by atoms with E-state index in [0.717, 1.165) is 12.3 Å². The zero-order valence-electron chi connectivity index (χ0n) is 12.0. The summed E-state index contributed by atoms with van der Waals surface area (Å²) in [7, 11) is 2.21. The largest absolute Gasteiger partial charge is 0.346 e. The van der Waals surface area contributed by atoms with Crippen molar-refractivity contribution in [2.45, 2.75) is 38.0 Å². The quantitative estimate of drug-likeness (QED) is 0.872. The Morgan fingerprint density at radius 1 is 1.21 bits per heavy atom. The predicted molar refractivity (Wildman–Crippen MR) is 77.4 cm³/mol. The zero-order valence-corrected chi connectivity index (χ0v) is 12.0. The second-order valence-corrected chi connectivity index (χ2v) is 6.26. The average Bonchev–Trinajstić information content (AvgIpc) is 2.89. The fourth-order valence-electron chi connectivity index (χ4n) is 3.37. The molecule has 19 heavy (non-hydrogen) atoms. The van der Waals surface area contributed by atoms with Gasteiger partial charge in [0.25, 0.3) is 0 Å². The molecule has 2 fully saturated rings. The first-order valence-electron chi connectivity index (χ1n) is 7.74. The lowest BCUT2D eigenvalue weighted by atomic mass is 9.94. The van der Waals surface area contributed by atoms with Crippen LogP contribution in [-0.4, -0.2) is 48.1 Å². The minimum absolute atomic E-state index is 0.700. The van der Waals surface area contributed by atoms with E-state index in [0.29, 0.717) is 5.92 Å². The molecule has 0 aromatic carbocycles. The van der Waals surface area contributed by atoms with Gasteiger partial charge in [-0.05, 0) is 64.8 Å². The number of likely N-dealkylation sites (tertiary alicyclic amines) is 1. The highest BCUT2D eigenvalue weighted by Gasteiger charge is 2.21. The molecule has 3 rings (SSSR count). The van der Waals surface area contributed by atoms with Crippen molar-refractivity contribution in [1.82, 2.24) is 20.2 Å². The topological polar surface area (TPSA) is 44.0 Å². The Labute approximate surface area is 116 Å². The number of piperidine rings is 2. The number of rotatable bonds is 3. The lowest BCUT2D eigenvalue weighted by Gasteiger charge is -2.28. The second kappa shape index (κ2) is 6.06. The van der Waals surface area contributed by atoms with Crippen LogP contribution in [0.2, 0.25) is 0 Å². The summed E-state index contributed by atoms with van der Waals surface area (Å²) < 4.78 is 0. The monoisotopic (exact) mass is 262 g/mol. The summed E-state index contributed by atoms with van der Waals surface area (Å²) in [5.41, 5.74) is 1.37. The Balaban J connectivity index is 1.56. The molecule has 2 N–H and O–H groups in total. The van der Waals surface area contributed by atoms with Crippen molar-refractivity contribution in [3.63, 3.8) is 0 Å². The number of imidazole rings is 1. The van der Waals surface area contributed by atoms with Crippen molar-refractivity contribution in [3.05, 3.63) is 17.7 Å². The van der Waals surface area contributed by atoms with Gasteiger partial charge in [-0.15, -0.1) is 0 Å². The molecule has 1 aromatic heterocycles. The number of hydrogen-bond donors (Lipinski definition) is 2. The summed E-state index contributed by atoms with van der Waals surface area (Å²) in [5, 5.41) is 3.43. The van der Waals surface area contributed by atoms with Gasteiger partial charge in [0.1, 0.15) is 5.82 Å². The van der Waals surface area contributed by atoms with Gasteiger partial charge in [-0.3, -0.25) is 0 Å². The highest BCUT2D eigenvalue weighted by molar-refractivity contribution is 5.09. The number of aromatic amines is 1. The first-order valence-corrected chi connectivity index (χ1v) is 7.74. The van der Waals surface area contributed by atoms with Gasteiger partial charge in [-0.1, -0.05) is 0 Å². The molecule has 2 saturated heterocycles. The maximum atomic E-state index is 4.61. The summed E-state index contributed by atoms with van der Waals surface area (Å²) in [5.74, 6) is 2.73. The van der Waals surface area contributed by atoms with Crippen LogP contribution >= 0.6 is 0 Å². The van der Waals surface area contributed by atoms with Gasteiger partial charge in [-0.25, -0.2) is 4.98 Å². The number of aromatic nitrogens is 2. The minimum atomic E-state index is 0.700. The van der Waals surface area contributed by atoms with Gasteiger partial charge in [0.05, 0.1) is 0 Å². The van der Waals surface area contributed by atoms with Crippen molar-refractivity contribution >= 4 is 0 Å². The smallest absolute Gasteiger partial charge is 0.106 e. The molecule has 4 heteroatoms. The zero-order chi connectivity index (χ0) is 13.1. The summed E-state index contributed by atoms with van der Waals surface area (Å²) in [6.07, 6.45) is 8.35. The molecule has 3 heterocycles. The van der Waals surface area contributed by atoms with Gasteiger partial charge in [-0.2, -0.15) is 0 Å². The standard InChI is InChI=1S/C15H26N4/c1-19-8-4-13(5-9-19)14-11-17-15(18-14)10-12-2-6-16-7-3-12/h11-13,16H,2-10H2,1H3,(H,17,18). The Bertz CT molecular complexity index is 387. The summed E-state index contributed by atoms with van der Waals surface area (Å²) >= 11 is 0. The first kappa shape index (κ1) is 13.1. The molecule has 0 atom stereocenters. The lowest BCUT2D eigenvalue weighted by molar-refractivity contribution is 0.253. The van der Waals surface area contributed by atoms with Crippen LogP contribution in [-0.2, 0) is 6.42 Å². The first-order chi connectivity index (χ1) is 9.31. The molecule has 4 nitrogen and oxygen atoms in total. The molecule has 2 aliphatic heterocycles. The Morgan fingerprint density at radius 2 is 1.95 bits per heavy atom. The van der Waals surface area contributed by atoms with Crippen molar-refractivity contribution < 1.29 is 0 Å². The van der Waals surface area contributed by atoms with E-state index in [4.69, 9.17) is 0 Å². The molecule has 0 saturated carbocycles. The van der Waals surface area contributed by atoms with Crippen LogP contribution < -0.4 is 5.32 Å². The lowest BCUT2D eigenvalue weighted by Crippen LogP contribution is -2.29. The third kappa shape index (κ3) is 3.37. The van der Waals surface area contributed by atoms with Crippen LogP contribution in [0.1, 0.15) is 43.1 Å². The number of H-pyrrole nitrogens is 1. The molecule has 0 spiro atoms. The highest BCUT2D eigenvalue weighted by Crippen LogP contribution is 2.26. The van der Waals surface area contributed by atoms with E-state index in [9.17, 15) is 0 Å². The summed E-state index contributed by atoms with van der Waals surface area (Å²) in [4.78, 5) is 10.6. The molecule has 0 aliphatic carbocycles. The van der Waals surface area contributed by atoms with Gasteiger partial charge in [0.2, 0.25) is 0 Å². The third-order valence-electron chi connectivity index (χ3n) is 4.75. The van der Waals surface area contributed by atoms with E-state index in [-0.39, 0.29) is 0 Å². The fraction of sp³-hybridized carbons (Fsp3) is 0.800. The van der Waals surface area contributed by atoms with Gasteiger partial charge in [0.15, 0.2) is 0 Å². The third-order valence-corrected chi connectivity index (χ3v) is 4.75. The molecule has 0 unspecified atom stereocenters. The van der Waals surface area contributed by atoms with Gasteiger partial charge in [0, 0.05) is 24.2 Å². The van der Waals surface area contributed by atoms with E-state index in [1.54, 1.807) is 0 Å². The van der Waals surface area contributed by atoms with E-state index in [1.807, 2.05) is 0 Å². The predicted octanol–water partition coefficient (Wildman–Crippen LogP) is 1.76. The van der Waals surface area contributed by atoms with Crippen LogP contribution in [0.15, 0.2) is 6.20 Å². The van der Waals surface area contributed by atoms with E-state index < -0.39 is 0 Å². The Hall–Kier alpha value is -0.870. The number of nitrogens with one attached hydrogen (secondary N) is 2. The Morgan fingerprint density at radius 3 is 2.68 bits per heavy atom. The van der Waals surface area contributed by atoms with Crippen LogP contribution in [0.4, 0.5) is 0 Å². The SMILES string of the molecule is CN1CCC(c2cnc(CC3CCNCC3)[nH]2)CC1. The van der Waals surface area contributed by atoms with Crippen LogP contribution in [0.3, 0.4) is 0 Å². The maximum absolute atomic E-state index is 4.61. The minimum Gasteiger partial charge on any atom is -0.346 e. The summed E-state index contributed by atoms with van der Waals surface area (Å²) in [6, 6.07) is 0. The van der Waals surface area contributed by atoms with E-state index in [2.05, 4.69) is 33.4 Å². The fourth-order valence-corrected chi connectivity index (χ4v) is 3.37. The average molecular weight is 262 g/mol. The van der Waals surface area contributed by atoms with Crippen molar-refractivity contribution in [3.8, 4) is 0 Å². The van der Waals surface area contributed by atoms with E-state index >= 15 is 0 Å². The van der Waals surface area contributed by atoms with Crippen molar-refractivity contribution in [1.29, 1.82) is 0 Å². The second-order valence-electron chi connectivity index (χ2n) is 6.26. The van der Waals surface area contributed by atoms with Crippen molar-refractivity contribution in [2.24, 2.45) is 5.92 Å².